The minimum atomic E-state index is 0.518. The molecule has 88 valence electrons. The van der Waals surface area contributed by atoms with Crippen molar-refractivity contribution in [2.45, 2.75) is 0 Å². The Morgan fingerprint density at radius 1 is 1.06 bits per heavy atom. The summed E-state index contributed by atoms with van der Waals surface area (Å²) >= 11 is 5.87. The van der Waals surface area contributed by atoms with Gasteiger partial charge in [-0.2, -0.15) is 0 Å². The molecule has 2 aromatic rings. The van der Waals surface area contributed by atoms with Crippen LogP contribution in [0.3, 0.4) is 0 Å². The molecule has 0 heterocycles. The molecule has 0 radical (unpaired) electrons. The summed E-state index contributed by atoms with van der Waals surface area (Å²) in [6.45, 7) is 0. The zero-order valence-corrected chi connectivity index (χ0v) is 10.1. The number of hydrogen-bond acceptors (Lipinski definition) is 3. The molecule has 17 heavy (non-hydrogen) atoms. The average Bonchev–Trinajstić information content (AvgIpc) is 2.32. The van der Waals surface area contributed by atoms with Crippen molar-refractivity contribution in [3.05, 3.63) is 47.5 Å². The van der Waals surface area contributed by atoms with Crippen LogP contribution in [-0.2, 0) is 0 Å². The number of nitrogens with two attached hydrogens (primary N) is 1. The zero-order chi connectivity index (χ0) is 12.3. The lowest BCUT2D eigenvalue weighted by Crippen LogP contribution is -1.93. The predicted octanol–water partition coefficient (Wildman–Crippen LogP) is 3.72. The first-order chi connectivity index (χ1) is 8.19. The SMILES string of the molecule is COc1ccc(Oc2cccc(Cl)c2)c(N)c1. The monoisotopic (exact) mass is 249 g/mol. The molecular weight excluding hydrogens is 238 g/mol. The highest BCUT2D eigenvalue weighted by Crippen LogP contribution is 2.31. The van der Waals surface area contributed by atoms with Crippen LogP contribution in [0.5, 0.6) is 17.2 Å². The molecule has 2 aromatic carbocycles. The van der Waals surface area contributed by atoms with Crippen LogP contribution in [0.4, 0.5) is 5.69 Å². The van der Waals surface area contributed by atoms with Gasteiger partial charge in [-0.3, -0.25) is 0 Å². The van der Waals surface area contributed by atoms with Gasteiger partial charge in [0.15, 0.2) is 5.75 Å². The van der Waals surface area contributed by atoms with E-state index in [0.29, 0.717) is 28.0 Å². The topological polar surface area (TPSA) is 44.5 Å². The van der Waals surface area contributed by atoms with Gasteiger partial charge in [-0.1, -0.05) is 17.7 Å². The molecule has 0 aliphatic rings. The number of ether oxygens (including phenoxy) is 2. The predicted molar refractivity (Wildman–Crippen MR) is 68.9 cm³/mol. The Hall–Kier alpha value is -1.87. The number of hydrogen-bond donors (Lipinski definition) is 1. The summed E-state index contributed by atoms with van der Waals surface area (Å²) < 4.78 is 10.7. The molecule has 2 N–H and O–H groups in total. The highest BCUT2D eigenvalue weighted by Gasteiger charge is 2.04. The molecular formula is C13H12ClNO2. The molecule has 3 nitrogen and oxygen atoms in total. The Kier molecular flexibility index (Phi) is 3.40. The largest absolute Gasteiger partial charge is 0.497 e. The Labute approximate surface area is 105 Å². The minimum Gasteiger partial charge on any atom is -0.497 e. The number of benzene rings is 2. The van der Waals surface area contributed by atoms with Gasteiger partial charge in [0.05, 0.1) is 12.8 Å². The summed E-state index contributed by atoms with van der Waals surface area (Å²) in [5, 5.41) is 0.620. The molecule has 0 fully saturated rings. The fourth-order valence-corrected chi connectivity index (χ4v) is 1.58. The van der Waals surface area contributed by atoms with Crippen LogP contribution in [0.15, 0.2) is 42.5 Å². The van der Waals surface area contributed by atoms with Gasteiger partial charge >= 0.3 is 0 Å². The molecule has 2 rings (SSSR count). The second-order valence-electron chi connectivity index (χ2n) is 3.46. The summed E-state index contributed by atoms with van der Waals surface area (Å²) in [7, 11) is 1.59. The quantitative estimate of drug-likeness (QED) is 0.843. The molecule has 0 atom stereocenters. The van der Waals surface area contributed by atoms with E-state index in [1.165, 1.54) is 0 Å². The van der Waals surface area contributed by atoms with Crippen LogP contribution in [0.1, 0.15) is 0 Å². The first-order valence-corrected chi connectivity index (χ1v) is 5.44. The number of methoxy groups -OCH3 is 1. The second-order valence-corrected chi connectivity index (χ2v) is 3.90. The summed E-state index contributed by atoms with van der Waals surface area (Å²) in [5.41, 5.74) is 6.36. The third kappa shape index (κ3) is 2.82. The van der Waals surface area contributed by atoms with E-state index in [2.05, 4.69) is 0 Å². The minimum absolute atomic E-state index is 0.518. The van der Waals surface area contributed by atoms with Gasteiger partial charge in [-0.25, -0.2) is 0 Å². The van der Waals surface area contributed by atoms with Gasteiger partial charge in [0, 0.05) is 11.1 Å². The van der Waals surface area contributed by atoms with Crippen molar-refractivity contribution in [3.63, 3.8) is 0 Å². The van der Waals surface area contributed by atoms with E-state index >= 15 is 0 Å². The number of nitrogen functional groups attached to an aromatic ring is 1. The van der Waals surface area contributed by atoms with E-state index < -0.39 is 0 Å². The Morgan fingerprint density at radius 2 is 1.88 bits per heavy atom. The fourth-order valence-electron chi connectivity index (χ4n) is 1.40. The number of halogens is 1. The maximum absolute atomic E-state index is 5.87. The smallest absolute Gasteiger partial charge is 0.150 e. The van der Waals surface area contributed by atoms with Gasteiger partial charge in [-0.05, 0) is 30.3 Å². The average molecular weight is 250 g/mol. The van der Waals surface area contributed by atoms with Gasteiger partial charge in [0.25, 0.3) is 0 Å². The van der Waals surface area contributed by atoms with Crippen LogP contribution in [-0.4, -0.2) is 7.11 Å². The van der Waals surface area contributed by atoms with E-state index in [9.17, 15) is 0 Å². The molecule has 0 aliphatic heterocycles. The van der Waals surface area contributed by atoms with Gasteiger partial charge < -0.3 is 15.2 Å². The lowest BCUT2D eigenvalue weighted by Gasteiger charge is -2.09. The zero-order valence-electron chi connectivity index (χ0n) is 9.31. The van der Waals surface area contributed by atoms with Crippen LogP contribution in [0.25, 0.3) is 0 Å². The third-order valence-electron chi connectivity index (χ3n) is 2.24. The van der Waals surface area contributed by atoms with Crippen molar-refractivity contribution in [2.24, 2.45) is 0 Å². The Morgan fingerprint density at radius 3 is 2.53 bits per heavy atom. The highest BCUT2D eigenvalue weighted by atomic mass is 35.5. The van der Waals surface area contributed by atoms with Crippen molar-refractivity contribution in [3.8, 4) is 17.2 Å². The number of rotatable bonds is 3. The van der Waals surface area contributed by atoms with Crippen molar-refractivity contribution in [2.75, 3.05) is 12.8 Å². The highest BCUT2D eigenvalue weighted by molar-refractivity contribution is 6.30. The first-order valence-electron chi connectivity index (χ1n) is 5.06. The van der Waals surface area contributed by atoms with Crippen LogP contribution in [0, 0.1) is 0 Å². The molecule has 4 heteroatoms. The van der Waals surface area contributed by atoms with Gasteiger partial charge in [0.2, 0.25) is 0 Å². The number of anilines is 1. The van der Waals surface area contributed by atoms with E-state index in [1.54, 1.807) is 37.4 Å². The van der Waals surface area contributed by atoms with E-state index in [-0.39, 0.29) is 0 Å². The van der Waals surface area contributed by atoms with Gasteiger partial charge in [-0.15, -0.1) is 0 Å². The maximum atomic E-state index is 5.87. The van der Waals surface area contributed by atoms with Crippen LogP contribution < -0.4 is 15.2 Å². The molecule has 0 spiro atoms. The molecule has 0 bridgehead atoms. The lowest BCUT2D eigenvalue weighted by atomic mass is 10.2. The van der Waals surface area contributed by atoms with Crippen LogP contribution in [0.2, 0.25) is 5.02 Å². The molecule has 0 aliphatic carbocycles. The Bertz CT molecular complexity index is 529. The molecule has 0 saturated heterocycles. The van der Waals surface area contributed by atoms with E-state index in [1.807, 2.05) is 12.1 Å². The summed E-state index contributed by atoms with van der Waals surface area (Å²) in [6, 6.07) is 12.4. The van der Waals surface area contributed by atoms with Crippen molar-refractivity contribution in [1.82, 2.24) is 0 Å². The van der Waals surface area contributed by atoms with Gasteiger partial charge in [0.1, 0.15) is 11.5 Å². The second kappa shape index (κ2) is 4.97. The molecule has 0 amide bonds. The van der Waals surface area contributed by atoms with Crippen molar-refractivity contribution in [1.29, 1.82) is 0 Å². The third-order valence-corrected chi connectivity index (χ3v) is 2.48. The Balaban J connectivity index is 2.24. The molecule has 0 aromatic heterocycles. The lowest BCUT2D eigenvalue weighted by molar-refractivity contribution is 0.413. The first kappa shape index (κ1) is 11.6. The molecule has 0 unspecified atom stereocenters. The van der Waals surface area contributed by atoms with E-state index in [0.717, 1.165) is 0 Å². The summed E-state index contributed by atoms with van der Waals surface area (Å²) in [4.78, 5) is 0. The summed E-state index contributed by atoms with van der Waals surface area (Å²) in [5.74, 6) is 1.92. The normalized spacial score (nSPS) is 10.0. The van der Waals surface area contributed by atoms with Crippen LogP contribution >= 0.6 is 11.6 Å². The van der Waals surface area contributed by atoms with E-state index in [4.69, 9.17) is 26.8 Å². The fraction of sp³-hybridized carbons (Fsp3) is 0.0769. The standard InChI is InChI=1S/C13H12ClNO2/c1-16-10-5-6-13(12(15)8-10)17-11-4-2-3-9(14)7-11/h2-8H,15H2,1H3. The van der Waals surface area contributed by atoms with Crippen molar-refractivity contribution < 1.29 is 9.47 Å². The summed E-state index contributed by atoms with van der Waals surface area (Å²) in [6.07, 6.45) is 0. The van der Waals surface area contributed by atoms with Crippen molar-refractivity contribution >= 4 is 17.3 Å². The molecule has 0 saturated carbocycles. The maximum Gasteiger partial charge on any atom is 0.150 e.